The largest absolute Gasteiger partial charge is 0.279 e. The van der Waals surface area contributed by atoms with Crippen molar-refractivity contribution in [3.8, 4) is 0 Å². The molecule has 2 aliphatic rings. The summed E-state index contributed by atoms with van der Waals surface area (Å²) in [6, 6.07) is 10.1. The molecule has 0 bridgehead atoms. The van der Waals surface area contributed by atoms with E-state index >= 15 is 0 Å². The second-order valence-corrected chi connectivity index (χ2v) is 6.22. The normalized spacial score (nSPS) is 25.9. The fraction of sp³-hybridized carbons (Fsp3) is 0.333. The molecule has 0 amide bonds. The first kappa shape index (κ1) is 13.0. The molecule has 0 N–H and O–H groups in total. The van der Waals surface area contributed by atoms with Gasteiger partial charge in [0.1, 0.15) is 0 Å². The topological polar surface area (TPSA) is 24.7 Å². The van der Waals surface area contributed by atoms with Gasteiger partial charge in [0.05, 0.1) is 22.6 Å². The molecule has 2 heteroatoms. The predicted octanol–water partition coefficient (Wildman–Crippen LogP) is 4.51. The Morgan fingerprint density at radius 3 is 2.65 bits per heavy atom. The molecule has 102 valence electrons. The van der Waals surface area contributed by atoms with Gasteiger partial charge in [-0.05, 0) is 62.1 Å². The SMILES string of the molecule is CC1CC(C)(C)N=C2C=CC(=Nc3ccccc3)C=C21. The third-order valence-electron chi connectivity index (χ3n) is 3.79. The molecule has 0 fully saturated rings. The lowest BCUT2D eigenvalue weighted by Gasteiger charge is -2.33. The molecule has 0 saturated heterocycles. The van der Waals surface area contributed by atoms with Gasteiger partial charge in [0, 0.05) is 0 Å². The summed E-state index contributed by atoms with van der Waals surface area (Å²) in [4.78, 5) is 9.51. The van der Waals surface area contributed by atoms with Crippen LogP contribution < -0.4 is 0 Å². The molecule has 0 spiro atoms. The second-order valence-electron chi connectivity index (χ2n) is 6.22. The Morgan fingerprint density at radius 1 is 1.15 bits per heavy atom. The first-order valence-electron chi connectivity index (χ1n) is 7.17. The van der Waals surface area contributed by atoms with Crippen molar-refractivity contribution < 1.29 is 0 Å². The number of fused-ring (bicyclic) bond motifs is 1. The maximum Gasteiger partial charge on any atom is 0.0641 e. The van der Waals surface area contributed by atoms with Gasteiger partial charge in [-0.15, -0.1) is 0 Å². The third-order valence-corrected chi connectivity index (χ3v) is 3.79. The van der Waals surface area contributed by atoms with Crippen LogP contribution >= 0.6 is 0 Å². The van der Waals surface area contributed by atoms with Crippen LogP contribution in [0.4, 0.5) is 5.69 Å². The lowest BCUT2D eigenvalue weighted by molar-refractivity contribution is 0.406. The third kappa shape index (κ3) is 2.64. The maximum absolute atomic E-state index is 4.83. The smallest absolute Gasteiger partial charge is 0.0641 e. The van der Waals surface area contributed by atoms with Crippen molar-refractivity contribution in [2.75, 3.05) is 0 Å². The predicted molar refractivity (Wildman–Crippen MR) is 86.1 cm³/mol. The standard InChI is InChI=1S/C18H20N2/c1-13-12-18(2,3)20-17-10-9-15(11-16(13)17)19-14-7-5-4-6-8-14/h4-11,13H,12H2,1-3H3. The van der Waals surface area contributed by atoms with Crippen molar-refractivity contribution in [3.63, 3.8) is 0 Å². The summed E-state index contributed by atoms with van der Waals surface area (Å²) in [6.07, 6.45) is 7.44. The number of rotatable bonds is 1. The summed E-state index contributed by atoms with van der Waals surface area (Å²) in [6.45, 7) is 6.69. The minimum atomic E-state index is 0.0461. The van der Waals surface area contributed by atoms with E-state index in [0.29, 0.717) is 5.92 Å². The van der Waals surface area contributed by atoms with Crippen molar-refractivity contribution in [3.05, 3.63) is 54.1 Å². The summed E-state index contributed by atoms with van der Waals surface area (Å²) in [7, 11) is 0. The molecule has 1 heterocycles. The number of aliphatic imine (C=N–C) groups is 2. The Labute approximate surface area is 120 Å². The fourth-order valence-corrected chi connectivity index (χ4v) is 2.99. The van der Waals surface area contributed by atoms with Crippen LogP contribution in [0.1, 0.15) is 27.2 Å². The Bertz CT molecular complexity index is 631. The van der Waals surface area contributed by atoms with E-state index in [9.17, 15) is 0 Å². The zero-order valence-corrected chi connectivity index (χ0v) is 12.3. The van der Waals surface area contributed by atoms with Crippen LogP contribution in [-0.4, -0.2) is 17.0 Å². The van der Waals surface area contributed by atoms with Crippen LogP contribution in [-0.2, 0) is 0 Å². The molecule has 1 aromatic carbocycles. The highest BCUT2D eigenvalue weighted by Gasteiger charge is 2.30. The van der Waals surface area contributed by atoms with E-state index in [1.807, 2.05) is 30.3 Å². The van der Waals surface area contributed by atoms with E-state index in [-0.39, 0.29) is 5.54 Å². The van der Waals surface area contributed by atoms with Crippen LogP contribution in [0.2, 0.25) is 0 Å². The maximum atomic E-state index is 4.83. The number of hydrogen-bond acceptors (Lipinski definition) is 2. The quantitative estimate of drug-likeness (QED) is 0.666. The molecule has 1 atom stereocenters. The van der Waals surface area contributed by atoms with Gasteiger partial charge in [0.15, 0.2) is 0 Å². The van der Waals surface area contributed by atoms with Crippen molar-refractivity contribution in [1.29, 1.82) is 0 Å². The summed E-state index contributed by atoms with van der Waals surface area (Å²) in [5, 5.41) is 0. The highest BCUT2D eigenvalue weighted by molar-refractivity contribution is 6.22. The summed E-state index contributed by atoms with van der Waals surface area (Å²) >= 11 is 0. The summed E-state index contributed by atoms with van der Waals surface area (Å²) < 4.78 is 0. The molecule has 1 aromatic rings. The van der Waals surface area contributed by atoms with E-state index < -0.39 is 0 Å². The Morgan fingerprint density at radius 2 is 1.90 bits per heavy atom. The fourth-order valence-electron chi connectivity index (χ4n) is 2.99. The number of hydrogen-bond donors (Lipinski definition) is 0. The summed E-state index contributed by atoms with van der Waals surface area (Å²) in [5.41, 5.74) is 4.50. The number of benzene rings is 1. The highest BCUT2D eigenvalue weighted by atomic mass is 14.9. The molecule has 0 radical (unpaired) electrons. The van der Waals surface area contributed by atoms with E-state index in [4.69, 9.17) is 4.99 Å². The van der Waals surface area contributed by atoms with E-state index in [1.165, 1.54) is 5.57 Å². The zero-order valence-electron chi connectivity index (χ0n) is 12.3. The van der Waals surface area contributed by atoms with Gasteiger partial charge in [0.2, 0.25) is 0 Å². The molecule has 20 heavy (non-hydrogen) atoms. The van der Waals surface area contributed by atoms with Crippen molar-refractivity contribution in [2.24, 2.45) is 15.9 Å². The second kappa shape index (κ2) is 4.86. The lowest BCUT2D eigenvalue weighted by atomic mass is 9.79. The van der Waals surface area contributed by atoms with Gasteiger partial charge in [-0.1, -0.05) is 25.1 Å². The van der Waals surface area contributed by atoms with Crippen molar-refractivity contribution >= 4 is 17.1 Å². The molecule has 0 aromatic heterocycles. The molecule has 2 nitrogen and oxygen atoms in total. The number of allylic oxidation sites excluding steroid dienone is 4. The molecule has 1 aliphatic carbocycles. The minimum absolute atomic E-state index is 0.0461. The minimum Gasteiger partial charge on any atom is -0.279 e. The molecule has 1 unspecified atom stereocenters. The van der Waals surface area contributed by atoms with Crippen LogP contribution in [0.3, 0.4) is 0 Å². The molecular formula is C18H20N2. The first-order chi connectivity index (χ1) is 9.53. The zero-order chi connectivity index (χ0) is 14.2. The van der Waals surface area contributed by atoms with Crippen LogP contribution in [0.25, 0.3) is 0 Å². The van der Waals surface area contributed by atoms with Crippen molar-refractivity contribution in [1.82, 2.24) is 0 Å². The Hall–Kier alpha value is -1.96. The summed E-state index contributed by atoms with van der Waals surface area (Å²) in [5.74, 6) is 0.531. The van der Waals surface area contributed by atoms with E-state index in [0.717, 1.165) is 23.5 Å². The molecule has 1 aliphatic heterocycles. The van der Waals surface area contributed by atoms with Gasteiger partial charge in [-0.2, -0.15) is 0 Å². The van der Waals surface area contributed by atoms with E-state index in [1.54, 1.807) is 0 Å². The molecular weight excluding hydrogens is 244 g/mol. The Balaban J connectivity index is 1.96. The van der Waals surface area contributed by atoms with Crippen LogP contribution in [0.15, 0.2) is 64.1 Å². The molecule has 3 rings (SSSR count). The van der Waals surface area contributed by atoms with Crippen LogP contribution in [0, 0.1) is 5.92 Å². The van der Waals surface area contributed by atoms with Gasteiger partial charge in [-0.3, -0.25) is 4.99 Å². The Kier molecular flexibility index (Phi) is 3.17. The van der Waals surface area contributed by atoms with Gasteiger partial charge >= 0.3 is 0 Å². The number of nitrogens with zero attached hydrogens (tertiary/aromatic N) is 2. The van der Waals surface area contributed by atoms with Crippen LogP contribution in [0.5, 0.6) is 0 Å². The van der Waals surface area contributed by atoms with Gasteiger partial charge in [-0.25, -0.2) is 4.99 Å². The van der Waals surface area contributed by atoms with Gasteiger partial charge < -0.3 is 0 Å². The highest BCUT2D eigenvalue weighted by Crippen LogP contribution is 2.34. The van der Waals surface area contributed by atoms with Crippen molar-refractivity contribution in [2.45, 2.75) is 32.7 Å². The lowest BCUT2D eigenvalue weighted by Crippen LogP contribution is -2.31. The van der Waals surface area contributed by atoms with E-state index in [2.05, 4.69) is 44.0 Å². The average molecular weight is 264 g/mol. The first-order valence-corrected chi connectivity index (χ1v) is 7.17. The number of para-hydroxylation sites is 1. The average Bonchev–Trinajstić information content (AvgIpc) is 2.40. The molecule has 0 saturated carbocycles. The van der Waals surface area contributed by atoms with Gasteiger partial charge in [0.25, 0.3) is 0 Å². The monoisotopic (exact) mass is 264 g/mol.